The van der Waals surface area contributed by atoms with Gasteiger partial charge in [0.1, 0.15) is 0 Å². The van der Waals surface area contributed by atoms with Crippen molar-refractivity contribution in [2.75, 3.05) is 0 Å². The maximum Gasteiger partial charge on any atom is 0.161 e. The summed E-state index contributed by atoms with van der Waals surface area (Å²) in [6.45, 7) is 2.36. The quantitative estimate of drug-likeness (QED) is 0.161. The molecule has 0 saturated heterocycles. The van der Waals surface area contributed by atoms with Crippen LogP contribution in [0.15, 0.2) is 176 Å². The maximum atomic E-state index is 5.41. The molecule has 0 fully saturated rings. The second-order valence-electron chi connectivity index (χ2n) is 14.9. The lowest BCUT2D eigenvalue weighted by Gasteiger charge is -2.23. The number of benzene rings is 7. The van der Waals surface area contributed by atoms with Gasteiger partial charge in [0.25, 0.3) is 0 Å². The first-order valence-electron chi connectivity index (χ1n) is 19.4. The Kier molecular flexibility index (Phi) is 8.37. The van der Waals surface area contributed by atoms with Gasteiger partial charge in [-0.15, -0.1) is 0 Å². The lowest BCUT2D eigenvalue weighted by atomic mass is 9.81. The predicted octanol–water partition coefficient (Wildman–Crippen LogP) is 14.2. The number of hydrogen-bond acceptors (Lipinski definition) is 2. The minimum Gasteiger partial charge on any atom is -0.228 e. The van der Waals surface area contributed by atoms with Gasteiger partial charge in [-0.25, -0.2) is 9.97 Å². The van der Waals surface area contributed by atoms with E-state index in [-0.39, 0.29) is 0 Å². The van der Waals surface area contributed by atoms with Crippen molar-refractivity contribution in [3.8, 4) is 44.9 Å². The standard InChI is InChI=1S/C53H40N2/c1-35-15-12-28-46-44-25-9-10-26-45(44)49-33-40(29-30-47(49)52(35)46)43-24-8-11-27-48(43)53-54-50(41-22-13-20-38(31-41)36-16-4-2-5-17-36)34-51(55-53)42-23-14-21-39(32-42)37-18-6-3-7-19-37/h2-13,16-22,24-35H,14-15,23H2,1H3. The van der Waals surface area contributed by atoms with Crippen LogP contribution in [0.1, 0.15) is 54.5 Å². The van der Waals surface area contributed by atoms with E-state index in [2.05, 4.69) is 189 Å². The van der Waals surface area contributed by atoms with E-state index in [9.17, 15) is 0 Å². The van der Waals surface area contributed by atoms with Crippen molar-refractivity contribution in [1.82, 2.24) is 9.97 Å². The summed E-state index contributed by atoms with van der Waals surface area (Å²) in [5.74, 6) is 1.20. The Bertz CT molecular complexity index is 2840. The highest BCUT2D eigenvalue weighted by atomic mass is 14.9. The predicted molar refractivity (Wildman–Crippen MR) is 232 cm³/mol. The van der Waals surface area contributed by atoms with Gasteiger partial charge in [-0.05, 0) is 121 Å². The molecule has 55 heavy (non-hydrogen) atoms. The first-order chi connectivity index (χ1) is 27.2. The van der Waals surface area contributed by atoms with Gasteiger partial charge in [0.05, 0.1) is 11.4 Å². The first kappa shape index (κ1) is 33.0. The van der Waals surface area contributed by atoms with Crippen LogP contribution in [0, 0.1) is 0 Å². The Morgan fingerprint density at radius 1 is 0.509 bits per heavy atom. The van der Waals surface area contributed by atoms with Gasteiger partial charge in [-0.2, -0.15) is 0 Å². The summed E-state index contributed by atoms with van der Waals surface area (Å²) < 4.78 is 0. The van der Waals surface area contributed by atoms with Crippen LogP contribution < -0.4 is 0 Å². The highest BCUT2D eigenvalue weighted by Gasteiger charge is 2.22. The number of hydrogen-bond donors (Lipinski definition) is 0. The van der Waals surface area contributed by atoms with Crippen LogP contribution in [0.2, 0.25) is 0 Å². The SMILES string of the molecule is CC1CC=Cc2c1c1ccc(-c3ccccc3-c3nc(C4=CC(c5ccccc5)=CCC4)cc(-c4cccc(-c5ccccc5)c4)n3)cc1c1ccccc21. The Hall–Kier alpha value is -6.64. The van der Waals surface area contributed by atoms with Crippen LogP contribution in [0.3, 0.4) is 0 Å². The van der Waals surface area contributed by atoms with Crippen molar-refractivity contribution >= 4 is 38.8 Å². The zero-order valence-corrected chi connectivity index (χ0v) is 30.9. The summed E-state index contributed by atoms with van der Waals surface area (Å²) in [6, 6.07) is 56.8. The fraction of sp³-hybridized carbons (Fsp3) is 0.0943. The van der Waals surface area contributed by atoms with E-state index in [0.29, 0.717) is 5.92 Å². The number of allylic oxidation sites excluding steroid dienone is 5. The van der Waals surface area contributed by atoms with Gasteiger partial charge < -0.3 is 0 Å². The second-order valence-corrected chi connectivity index (χ2v) is 14.9. The van der Waals surface area contributed by atoms with Gasteiger partial charge in [-0.3, -0.25) is 0 Å². The Morgan fingerprint density at radius 2 is 1.20 bits per heavy atom. The van der Waals surface area contributed by atoms with E-state index in [1.807, 2.05) is 0 Å². The molecule has 0 radical (unpaired) electrons. The van der Waals surface area contributed by atoms with Crippen molar-refractivity contribution in [2.24, 2.45) is 0 Å². The molecule has 2 aliphatic rings. The average molecular weight is 705 g/mol. The van der Waals surface area contributed by atoms with Gasteiger partial charge in [0.2, 0.25) is 0 Å². The lowest BCUT2D eigenvalue weighted by molar-refractivity contribution is 0.781. The Morgan fingerprint density at radius 3 is 2.04 bits per heavy atom. The van der Waals surface area contributed by atoms with E-state index in [0.717, 1.165) is 53.2 Å². The van der Waals surface area contributed by atoms with Crippen LogP contribution in [0.25, 0.3) is 83.7 Å². The molecule has 2 aliphatic carbocycles. The van der Waals surface area contributed by atoms with E-state index in [1.54, 1.807) is 0 Å². The fourth-order valence-corrected chi connectivity index (χ4v) is 8.67. The minimum atomic E-state index is 0.464. The number of nitrogens with zero attached hydrogens (tertiary/aromatic N) is 2. The van der Waals surface area contributed by atoms with E-state index < -0.39 is 0 Å². The maximum absolute atomic E-state index is 5.41. The number of aromatic nitrogens is 2. The molecule has 10 rings (SSSR count). The molecule has 7 aromatic carbocycles. The molecule has 0 N–H and O–H groups in total. The first-order valence-corrected chi connectivity index (χ1v) is 19.4. The number of fused-ring (bicyclic) bond motifs is 6. The van der Waals surface area contributed by atoms with Crippen LogP contribution in [0.5, 0.6) is 0 Å². The van der Waals surface area contributed by atoms with Crippen LogP contribution >= 0.6 is 0 Å². The van der Waals surface area contributed by atoms with Crippen LogP contribution in [0.4, 0.5) is 0 Å². The van der Waals surface area contributed by atoms with Crippen LogP contribution in [-0.2, 0) is 0 Å². The molecule has 1 aromatic heterocycles. The third-order valence-electron chi connectivity index (χ3n) is 11.4. The molecule has 1 unspecified atom stereocenters. The van der Waals surface area contributed by atoms with E-state index in [1.165, 1.54) is 66.1 Å². The summed E-state index contributed by atoms with van der Waals surface area (Å²) in [7, 11) is 0. The summed E-state index contributed by atoms with van der Waals surface area (Å²) >= 11 is 0. The second kappa shape index (κ2) is 14.0. The van der Waals surface area contributed by atoms with Gasteiger partial charge in [-0.1, -0.05) is 165 Å². The summed E-state index contributed by atoms with van der Waals surface area (Å²) in [4.78, 5) is 10.8. The molecule has 1 atom stereocenters. The zero-order chi connectivity index (χ0) is 36.7. The zero-order valence-electron chi connectivity index (χ0n) is 30.9. The lowest BCUT2D eigenvalue weighted by Crippen LogP contribution is -2.03. The Labute approximate surface area is 322 Å². The molecule has 8 aromatic rings. The molecule has 1 heterocycles. The average Bonchev–Trinajstić information content (AvgIpc) is 3.27. The molecule has 0 spiro atoms. The summed E-state index contributed by atoms with van der Waals surface area (Å²) in [5, 5.41) is 5.25. The molecule has 0 saturated carbocycles. The Balaban J connectivity index is 1.16. The topological polar surface area (TPSA) is 25.8 Å². The van der Waals surface area contributed by atoms with Crippen molar-refractivity contribution in [3.05, 3.63) is 198 Å². The van der Waals surface area contributed by atoms with Gasteiger partial charge in [0.15, 0.2) is 5.82 Å². The number of rotatable bonds is 6. The third-order valence-corrected chi connectivity index (χ3v) is 11.4. The normalized spacial score (nSPS) is 15.1. The van der Waals surface area contributed by atoms with Crippen molar-refractivity contribution in [1.29, 1.82) is 0 Å². The molecule has 0 bridgehead atoms. The molecule has 0 aliphatic heterocycles. The minimum absolute atomic E-state index is 0.464. The molecule has 2 nitrogen and oxygen atoms in total. The monoisotopic (exact) mass is 704 g/mol. The molecule has 0 amide bonds. The van der Waals surface area contributed by atoms with E-state index >= 15 is 0 Å². The van der Waals surface area contributed by atoms with Crippen molar-refractivity contribution in [3.63, 3.8) is 0 Å². The largest absolute Gasteiger partial charge is 0.228 e. The summed E-state index contributed by atoms with van der Waals surface area (Å²) in [5.41, 5.74) is 15.2. The smallest absolute Gasteiger partial charge is 0.161 e. The summed E-state index contributed by atoms with van der Waals surface area (Å²) in [6.07, 6.45) is 12.3. The highest BCUT2D eigenvalue weighted by Crippen LogP contribution is 2.43. The molecular weight excluding hydrogens is 665 g/mol. The molecular formula is C53H40N2. The molecule has 2 heteroatoms. The van der Waals surface area contributed by atoms with Gasteiger partial charge in [0, 0.05) is 11.1 Å². The van der Waals surface area contributed by atoms with Crippen LogP contribution in [-0.4, -0.2) is 9.97 Å². The van der Waals surface area contributed by atoms with E-state index in [4.69, 9.17) is 9.97 Å². The highest BCUT2D eigenvalue weighted by molar-refractivity contribution is 6.14. The fourth-order valence-electron chi connectivity index (χ4n) is 8.67. The van der Waals surface area contributed by atoms with Crippen molar-refractivity contribution in [2.45, 2.75) is 32.1 Å². The third kappa shape index (κ3) is 6.10. The van der Waals surface area contributed by atoms with Crippen molar-refractivity contribution < 1.29 is 0 Å². The molecule has 262 valence electrons. The van der Waals surface area contributed by atoms with Gasteiger partial charge >= 0.3 is 0 Å².